The maximum absolute atomic E-state index is 6.54. The molecule has 1 unspecified atom stereocenters. The van der Waals surface area contributed by atoms with Crippen molar-refractivity contribution in [2.24, 2.45) is 5.73 Å². The lowest BCUT2D eigenvalue weighted by atomic mass is 9.97. The Labute approximate surface area is 208 Å². The maximum Gasteiger partial charge on any atom is 0.146 e. The summed E-state index contributed by atoms with van der Waals surface area (Å²) in [6.45, 7) is 30.4. The third kappa shape index (κ3) is 6.06. The molecule has 3 heteroatoms. The fraction of sp³-hybridized carbons (Fsp3) is 0.667. The van der Waals surface area contributed by atoms with Crippen molar-refractivity contribution < 1.29 is 0 Å². The Hall–Kier alpha value is -1.27. The first-order valence-electron chi connectivity index (χ1n) is 13.1. The van der Waals surface area contributed by atoms with Gasteiger partial charge in [-0.05, 0) is 57.9 Å². The highest BCUT2D eigenvalue weighted by Gasteiger charge is 2.42. The minimum Gasteiger partial charge on any atom is -0.324 e. The summed E-state index contributed by atoms with van der Waals surface area (Å²) in [5.41, 5.74) is 21.3. The van der Waals surface area contributed by atoms with Crippen LogP contribution in [0.2, 0.25) is 33.2 Å². The van der Waals surface area contributed by atoms with E-state index in [9.17, 15) is 0 Å². The molecule has 184 valence electrons. The Morgan fingerprint density at radius 2 is 0.818 bits per heavy atom. The van der Waals surface area contributed by atoms with Gasteiger partial charge in [0, 0.05) is 17.2 Å². The third-order valence-corrected chi connectivity index (χ3v) is 20.7. The predicted octanol–water partition coefficient (Wildman–Crippen LogP) is 8.85. The van der Waals surface area contributed by atoms with Gasteiger partial charge in [0.05, 0.1) is 0 Å². The molecule has 0 aliphatic carbocycles. The lowest BCUT2D eigenvalue weighted by Gasteiger charge is -2.38. The van der Waals surface area contributed by atoms with Gasteiger partial charge in [-0.15, -0.1) is 11.1 Å². The highest BCUT2D eigenvalue weighted by molar-refractivity contribution is 6.91. The Balaban J connectivity index is 3.78. The third-order valence-electron chi connectivity index (χ3n) is 8.12. The summed E-state index contributed by atoms with van der Waals surface area (Å²) in [7, 11) is -3.62. The largest absolute Gasteiger partial charge is 0.324 e. The van der Waals surface area contributed by atoms with Crippen LogP contribution in [0.3, 0.4) is 0 Å². The van der Waals surface area contributed by atoms with E-state index in [1.807, 2.05) is 0 Å². The van der Waals surface area contributed by atoms with Gasteiger partial charge >= 0.3 is 0 Å². The van der Waals surface area contributed by atoms with Crippen LogP contribution in [0.5, 0.6) is 0 Å². The van der Waals surface area contributed by atoms with Crippen molar-refractivity contribution in [1.29, 1.82) is 0 Å². The molecule has 1 aromatic carbocycles. The van der Waals surface area contributed by atoms with E-state index in [1.54, 1.807) is 0 Å². The molecule has 1 aromatic rings. The normalized spacial score (nSPS) is 13.6. The first-order valence-corrected chi connectivity index (χ1v) is 17.6. The smallest absolute Gasteiger partial charge is 0.146 e. The Kier molecular flexibility index (Phi) is 10.8. The van der Waals surface area contributed by atoms with Crippen LogP contribution < -0.4 is 5.73 Å². The molecule has 1 rings (SSSR count). The zero-order chi connectivity index (χ0) is 25.7. The van der Waals surface area contributed by atoms with Crippen LogP contribution in [-0.4, -0.2) is 16.1 Å². The molecule has 0 amide bonds. The molecule has 0 radical (unpaired) electrons. The highest BCUT2D eigenvalue weighted by atomic mass is 28.3. The molecule has 0 bridgehead atoms. The molecule has 0 aliphatic rings. The zero-order valence-electron chi connectivity index (χ0n) is 23.9. The molecule has 0 aliphatic heterocycles. The van der Waals surface area contributed by atoms with E-state index in [4.69, 9.17) is 5.73 Å². The molecule has 33 heavy (non-hydrogen) atoms. The van der Waals surface area contributed by atoms with Crippen molar-refractivity contribution in [2.45, 2.75) is 129 Å². The zero-order valence-corrected chi connectivity index (χ0v) is 25.9. The van der Waals surface area contributed by atoms with Crippen LogP contribution >= 0.6 is 0 Å². The summed E-state index contributed by atoms with van der Waals surface area (Å²) in [5.74, 6) is 7.32. The van der Waals surface area contributed by atoms with E-state index >= 15 is 0 Å². The molecule has 1 atom stereocenters. The van der Waals surface area contributed by atoms with Gasteiger partial charge in [0.2, 0.25) is 0 Å². The second kappa shape index (κ2) is 11.9. The van der Waals surface area contributed by atoms with Gasteiger partial charge in [-0.3, -0.25) is 0 Å². The summed E-state index contributed by atoms with van der Waals surface area (Å²) < 4.78 is 0. The van der Waals surface area contributed by atoms with Crippen molar-refractivity contribution in [3.05, 3.63) is 34.9 Å². The molecule has 2 N–H and O–H groups in total. The Morgan fingerprint density at radius 3 is 1.03 bits per heavy atom. The summed E-state index contributed by atoms with van der Waals surface area (Å²) in [6.07, 6.45) is 0. The molecular weight excluding hydrogens is 431 g/mol. The minimum absolute atomic E-state index is 0.0961. The molecule has 0 aromatic heterocycles. The summed E-state index contributed by atoms with van der Waals surface area (Å²) in [4.78, 5) is 0. The predicted molar refractivity (Wildman–Crippen MR) is 155 cm³/mol. The Morgan fingerprint density at radius 1 is 0.545 bits per heavy atom. The van der Waals surface area contributed by atoms with Crippen LogP contribution in [0.1, 0.15) is 113 Å². The van der Waals surface area contributed by atoms with Crippen molar-refractivity contribution >= 4 is 16.1 Å². The number of rotatable bonds is 7. The number of benzene rings is 1. The summed E-state index contributed by atoms with van der Waals surface area (Å²) >= 11 is 0. The molecule has 0 saturated carbocycles. The molecular formula is C30H51NSi2. The molecule has 0 fully saturated rings. The second-order valence-electron chi connectivity index (χ2n) is 11.8. The van der Waals surface area contributed by atoms with Crippen LogP contribution in [0, 0.1) is 22.9 Å². The summed E-state index contributed by atoms with van der Waals surface area (Å²) in [5, 5.41) is 0. The average molecular weight is 482 g/mol. The van der Waals surface area contributed by atoms with Crippen LogP contribution in [0.4, 0.5) is 0 Å². The standard InChI is InChI=1S/C30H51NSi2/c1-21(2)32(22(3)4,23(5)6)19-17-28-15-14-16-29(30(28)27(13)31)18-20-33(24(7)8,25(9)10)26(11)12/h14-16,21-27H,31H2,1-13H3. The van der Waals surface area contributed by atoms with E-state index in [-0.39, 0.29) is 6.04 Å². The van der Waals surface area contributed by atoms with Crippen LogP contribution in [0.25, 0.3) is 0 Å². The quantitative estimate of drug-likeness (QED) is 0.305. The minimum atomic E-state index is -1.81. The first kappa shape index (κ1) is 29.8. The number of nitrogens with two attached hydrogens (primary N) is 1. The fourth-order valence-electron chi connectivity index (χ4n) is 6.49. The molecule has 0 heterocycles. The average Bonchev–Trinajstić information content (AvgIpc) is 2.67. The molecule has 0 saturated heterocycles. The van der Waals surface area contributed by atoms with Gasteiger partial charge in [-0.1, -0.05) is 101 Å². The van der Waals surface area contributed by atoms with Gasteiger partial charge in [0.1, 0.15) is 16.1 Å². The SMILES string of the molecule is CC(N)c1c(C#C[Si](C(C)C)(C(C)C)C(C)C)cccc1C#C[Si](C(C)C)(C(C)C)C(C)C. The van der Waals surface area contributed by atoms with Crippen molar-refractivity contribution in [3.63, 3.8) is 0 Å². The van der Waals surface area contributed by atoms with Crippen LogP contribution in [0.15, 0.2) is 18.2 Å². The first-order chi connectivity index (χ1) is 15.2. The lowest BCUT2D eigenvalue weighted by Crippen LogP contribution is -2.43. The van der Waals surface area contributed by atoms with Gasteiger partial charge in [-0.25, -0.2) is 0 Å². The van der Waals surface area contributed by atoms with Gasteiger partial charge in [0.15, 0.2) is 0 Å². The lowest BCUT2D eigenvalue weighted by molar-refractivity contribution is 0.812. The van der Waals surface area contributed by atoms with Gasteiger partial charge < -0.3 is 5.73 Å². The van der Waals surface area contributed by atoms with Gasteiger partial charge in [0.25, 0.3) is 0 Å². The number of hydrogen-bond acceptors (Lipinski definition) is 1. The highest BCUT2D eigenvalue weighted by Crippen LogP contribution is 2.42. The van der Waals surface area contributed by atoms with Crippen molar-refractivity contribution in [1.82, 2.24) is 0 Å². The second-order valence-corrected chi connectivity index (χ2v) is 23.0. The van der Waals surface area contributed by atoms with E-state index < -0.39 is 16.1 Å². The van der Waals surface area contributed by atoms with Crippen molar-refractivity contribution in [3.8, 4) is 22.9 Å². The molecule has 0 spiro atoms. The van der Waals surface area contributed by atoms with E-state index in [0.717, 1.165) is 16.7 Å². The maximum atomic E-state index is 6.54. The summed E-state index contributed by atoms with van der Waals surface area (Å²) in [6, 6.07) is 6.32. The fourth-order valence-corrected chi connectivity index (χ4v) is 16.9. The topological polar surface area (TPSA) is 26.0 Å². The van der Waals surface area contributed by atoms with Crippen molar-refractivity contribution in [2.75, 3.05) is 0 Å². The van der Waals surface area contributed by atoms with E-state index in [2.05, 4.69) is 131 Å². The Bertz CT molecular complexity index is 787. The monoisotopic (exact) mass is 481 g/mol. The van der Waals surface area contributed by atoms with Crippen LogP contribution in [-0.2, 0) is 0 Å². The molecule has 1 nitrogen and oxygen atoms in total. The van der Waals surface area contributed by atoms with Gasteiger partial charge in [-0.2, -0.15) is 0 Å². The number of hydrogen-bond donors (Lipinski definition) is 1. The van der Waals surface area contributed by atoms with E-state index in [1.165, 1.54) is 0 Å². The van der Waals surface area contributed by atoms with E-state index in [0.29, 0.717) is 33.2 Å².